The lowest BCUT2D eigenvalue weighted by Gasteiger charge is -2.40. The lowest BCUT2D eigenvalue weighted by Crippen LogP contribution is -2.58. The summed E-state index contributed by atoms with van der Waals surface area (Å²) < 4.78 is 18.0. The Balaban J connectivity index is 1.45. The Morgan fingerprint density at radius 2 is 1.94 bits per heavy atom. The van der Waals surface area contributed by atoms with Gasteiger partial charge in [0, 0.05) is 44.0 Å². The minimum absolute atomic E-state index is 0.106. The van der Waals surface area contributed by atoms with E-state index in [2.05, 4.69) is 39.3 Å². The summed E-state index contributed by atoms with van der Waals surface area (Å²) in [7, 11) is 0. The van der Waals surface area contributed by atoms with Crippen molar-refractivity contribution >= 4 is 39.6 Å². The molecular formula is C35H47BrN4O8. The minimum Gasteiger partial charge on any atom is -0.460 e. The van der Waals surface area contributed by atoms with E-state index in [1.54, 1.807) is 24.0 Å². The number of rotatable bonds is 16. The zero-order valence-corrected chi connectivity index (χ0v) is 29.1. The molecule has 8 atom stereocenters. The zero-order valence-electron chi connectivity index (χ0n) is 27.5. The number of nitrogens with zero attached hydrogens (tertiary/aromatic N) is 3. The Hall–Kier alpha value is -3.10. The molecule has 2 bridgehead atoms. The van der Waals surface area contributed by atoms with Crippen molar-refractivity contribution in [2.45, 2.75) is 60.9 Å². The molecule has 5 rings (SSSR count). The van der Waals surface area contributed by atoms with E-state index in [4.69, 9.17) is 14.2 Å². The molecule has 0 aliphatic carbocycles. The number of esters is 1. The topological polar surface area (TPSA) is 138 Å². The predicted molar refractivity (Wildman–Crippen MR) is 181 cm³/mol. The largest absolute Gasteiger partial charge is 0.460 e. The van der Waals surface area contributed by atoms with Gasteiger partial charge < -0.3 is 34.4 Å². The van der Waals surface area contributed by atoms with Crippen LogP contribution >= 0.6 is 15.9 Å². The highest BCUT2D eigenvalue weighted by molar-refractivity contribution is 9.09. The van der Waals surface area contributed by atoms with E-state index in [0.717, 1.165) is 13.1 Å². The summed E-state index contributed by atoms with van der Waals surface area (Å²) in [6.07, 6.45) is 3.07. The molecule has 2 N–H and O–H groups in total. The van der Waals surface area contributed by atoms with E-state index in [1.807, 2.05) is 30.3 Å². The van der Waals surface area contributed by atoms with Gasteiger partial charge in [0.25, 0.3) is 0 Å². The van der Waals surface area contributed by atoms with E-state index in [-0.39, 0.29) is 36.2 Å². The Bertz CT molecular complexity index is 1340. The first-order chi connectivity index (χ1) is 23.2. The molecule has 4 aliphatic heterocycles. The average Bonchev–Trinajstić information content (AvgIpc) is 3.69. The van der Waals surface area contributed by atoms with Gasteiger partial charge >= 0.3 is 5.97 Å². The summed E-state index contributed by atoms with van der Waals surface area (Å²) in [6.45, 7) is 12.9. The lowest BCUT2D eigenvalue weighted by molar-refractivity contribution is -0.160. The van der Waals surface area contributed by atoms with Gasteiger partial charge in [-0.15, -0.1) is 13.2 Å². The number of fused-ring (bicyclic) bond motifs is 1. The predicted octanol–water partition coefficient (Wildman–Crippen LogP) is 1.83. The standard InChI is InChI=1S/C35H47BrN4O8/c1-4-6-12-27(42)37-21-23(3)47-34(45)28-29-32(43)40(26(22-41)24-10-8-7-9-11-24)31(35(29)20-25(36)30(28)48-35)33(44)39(13-5-2)15-14-38-16-18-46-19-17-38/h4-5,7-11,23,25-26,28-31,41H,1-2,6,12-22H2,3H3,(H,37,42)/t23-,25?,26+,28-,29+,30-,31-,35+/m0/s1. The van der Waals surface area contributed by atoms with Crippen LogP contribution < -0.4 is 5.32 Å². The Kier molecular flexibility index (Phi) is 12.1. The van der Waals surface area contributed by atoms with Gasteiger partial charge in [-0.05, 0) is 25.3 Å². The van der Waals surface area contributed by atoms with Gasteiger partial charge in [0.05, 0.1) is 50.3 Å². The fourth-order valence-electron chi connectivity index (χ4n) is 7.59. The van der Waals surface area contributed by atoms with E-state index >= 15 is 0 Å². The maximum atomic E-state index is 14.8. The van der Waals surface area contributed by atoms with Gasteiger partial charge in [0.15, 0.2) is 0 Å². The van der Waals surface area contributed by atoms with Crippen LogP contribution in [0.5, 0.6) is 0 Å². The molecule has 4 heterocycles. The van der Waals surface area contributed by atoms with Crippen molar-refractivity contribution in [3.05, 3.63) is 61.2 Å². The van der Waals surface area contributed by atoms with Crippen molar-refractivity contribution in [2.75, 3.05) is 59.1 Å². The maximum absolute atomic E-state index is 14.8. The molecule has 4 fully saturated rings. The molecule has 3 amide bonds. The van der Waals surface area contributed by atoms with Crippen LogP contribution in [0, 0.1) is 11.8 Å². The monoisotopic (exact) mass is 730 g/mol. The maximum Gasteiger partial charge on any atom is 0.312 e. The quantitative estimate of drug-likeness (QED) is 0.148. The van der Waals surface area contributed by atoms with Crippen molar-refractivity contribution < 1.29 is 38.5 Å². The van der Waals surface area contributed by atoms with Crippen molar-refractivity contribution in [1.29, 1.82) is 0 Å². The molecule has 48 heavy (non-hydrogen) atoms. The number of hydrogen-bond donors (Lipinski definition) is 2. The Morgan fingerprint density at radius 3 is 2.60 bits per heavy atom. The molecule has 1 aromatic rings. The molecule has 4 saturated heterocycles. The zero-order chi connectivity index (χ0) is 34.4. The molecule has 262 valence electrons. The fourth-order valence-corrected chi connectivity index (χ4v) is 8.53. The molecule has 0 saturated carbocycles. The van der Waals surface area contributed by atoms with Crippen LogP contribution in [-0.4, -0.2) is 131 Å². The molecule has 4 aliphatic rings. The molecule has 1 aromatic carbocycles. The molecule has 1 unspecified atom stereocenters. The van der Waals surface area contributed by atoms with Gasteiger partial charge in [-0.25, -0.2) is 0 Å². The first-order valence-electron chi connectivity index (χ1n) is 16.7. The van der Waals surface area contributed by atoms with Gasteiger partial charge in [-0.2, -0.15) is 0 Å². The van der Waals surface area contributed by atoms with E-state index < -0.39 is 60.2 Å². The SMILES string of the molecule is C=CCCC(=O)NC[C@H](C)OC(=O)[C@@H]1[C@H]2O[C@@]3(CC2Br)[C@H](C(=O)N(CC=C)CCN2CCOCC2)N([C@H](CO)c2ccccc2)C(=O)[C@@H]13. The second-order valence-electron chi connectivity index (χ2n) is 12.9. The summed E-state index contributed by atoms with van der Waals surface area (Å²) in [6, 6.07) is 7.13. The summed E-state index contributed by atoms with van der Waals surface area (Å²) in [5.41, 5.74) is -0.671. The number of amides is 3. The normalized spacial score (nSPS) is 29.2. The fraction of sp³-hybridized carbons (Fsp3) is 0.600. The summed E-state index contributed by atoms with van der Waals surface area (Å²) in [5.74, 6) is -3.56. The number of morpholine rings is 1. The van der Waals surface area contributed by atoms with E-state index in [9.17, 15) is 24.3 Å². The number of aliphatic hydroxyl groups is 1. The van der Waals surface area contributed by atoms with Crippen LogP contribution in [0.4, 0.5) is 0 Å². The van der Waals surface area contributed by atoms with Crippen molar-refractivity contribution in [3.8, 4) is 0 Å². The van der Waals surface area contributed by atoms with Crippen molar-refractivity contribution in [2.24, 2.45) is 11.8 Å². The van der Waals surface area contributed by atoms with Crippen LogP contribution in [0.25, 0.3) is 0 Å². The number of halogens is 1. The third kappa shape index (κ3) is 7.25. The molecule has 1 spiro atoms. The van der Waals surface area contributed by atoms with Gasteiger partial charge in [-0.1, -0.05) is 58.4 Å². The molecule has 0 aromatic heterocycles. The van der Waals surface area contributed by atoms with Crippen molar-refractivity contribution in [3.63, 3.8) is 0 Å². The second kappa shape index (κ2) is 16.1. The first kappa shape index (κ1) is 36.2. The number of benzene rings is 1. The van der Waals surface area contributed by atoms with E-state index in [0.29, 0.717) is 44.7 Å². The Labute approximate surface area is 290 Å². The number of carbonyl (C=O) groups is 4. The van der Waals surface area contributed by atoms with Crippen LogP contribution in [0.1, 0.15) is 37.8 Å². The molecule has 12 nitrogen and oxygen atoms in total. The Morgan fingerprint density at radius 1 is 1.21 bits per heavy atom. The number of aliphatic hydroxyl groups excluding tert-OH is 1. The summed E-state index contributed by atoms with van der Waals surface area (Å²) in [5, 5.41) is 13.5. The van der Waals surface area contributed by atoms with Crippen molar-refractivity contribution in [1.82, 2.24) is 20.0 Å². The summed E-state index contributed by atoms with van der Waals surface area (Å²) >= 11 is 3.70. The number of hydrogen-bond acceptors (Lipinski definition) is 9. The molecule has 13 heteroatoms. The van der Waals surface area contributed by atoms with Crippen LogP contribution in [-0.2, 0) is 33.4 Å². The van der Waals surface area contributed by atoms with Crippen LogP contribution in [0.3, 0.4) is 0 Å². The highest BCUT2D eigenvalue weighted by Crippen LogP contribution is 2.61. The van der Waals surface area contributed by atoms with Gasteiger partial charge in [0.2, 0.25) is 17.7 Å². The average molecular weight is 732 g/mol. The highest BCUT2D eigenvalue weighted by atomic mass is 79.9. The third-order valence-electron chi connectivity index (χ3n) is 9.86. The lowest BCUT2D eigenvalue weighted by atomic mass is 9.70. The number of nitrogens with one attached hydrogen (secondary N) is 1. The second-order valence-corrected chi connectivity index (χ2v) is 14.1. The number of alkyl halides is 1. The molecular weight excluding hydrogens is 684 g/mol. The third-order valence-corrected chi connectivity index (χ3v) is 10.7. The highest BCUT2D eigenvalue weighted by Gasteiger charge is 2.77. The van der Waals surface area contributed by atoms with Gasteiger partial charge in [0.1, 0.15) is 17.7 Å². The van der Waals surface area contributed by atoms with Crippen LogP contribution in [0.15, 0.2) is 55.6 Å². The first-order valence-corrected chi connectivity index (χ1v) is 17.7. The number of allylic oxidation sites excluding steroid dienone is 1. The number of ether oxygens (including phenoxy) is 3. The molecule has 0 radical (unpaired) electrons. The number of carbonyl (C=O) groups excluding carboxylic acids is 4. The van der Waals surface area contributed by atoms with Crippen LogP contribution in [0.2, 0.25) is 0 Å². The number of likely N-dealkylation sites (tertiary alicyclic amines) is 1. The smallest absolute Gasteiger partial charge is 0.312 e. The van der Waals surface area contributed by atoms with Gasteiger partial charge in [-0.3, -0.25) is 24.1 Å². The van der Waals surface area contributed by atoms with E-state index in [1.165, 1.54) is 4.90 Å². The minimum atomic E-state index is -1.33. The summed E-state index contributed by atoms with van der Waals surface area (Å²) in [4.78, 5) is 60.6.